The lowest BCUT2D eigenvalue weighted by atomic mass is 10.1. The zero-order chi connectivity index (χ0) is 13.7. The highest BCUT2D eigenvalue weighted by Gasteiger charge is 2.11. The number of rotatable bonds is 5. The zero-order valence-electron chi connectivity index (χ0n) is 10.5. The van der Waals surface area contributed by atoms with Crippen molar-refractivity contribution >= 4 is 23.4 Å². The summed E-state index contributed by atoms with van der Waals surface area (Å²) >= 11 is 7.40. The molecule has 0 fully saturated rings. The van der Waals surface area contributed by atoms with Crippen LogP contribution in [0.4, 0.5) is 0 Å². The maximum atomic E-state index is 6.19. The number of methoxy groups -OCH3 is 1. The number of benzene rings is 1. The Morgan fingerprint density at radius 3 is 2.79 bits per heavy atom. The van der Waals surface area contributed by atoms with Gasteiger partial charge in [0, 0.05) is 23.6 Å². The third-order valence-corrected chi connectivity index (χ3v) is 3.94. The van der Waals surface area contributed by atoms with Crippen molar-refractivity contribution in [1.29, 1.82) is 0 Å². The predicted molar refractivity (Wildman–Crippen MR) is 79.9 cm³/mol. The number of thioether (sulfide) groups is 1. The van der Waals surface area contributed by atoms with Crippen molar-refractivity contribution in [2.24, 2.45) is 5.73 Å². The van der Waals surface area contributed by atoms with Crippen LogP contribution < -0.4 is 10.5 Å². The highest BCUT2D eigenvalue weighted by molar-refractivity contribution is 7.99. The highest BCUT2D eigenvalue weighted by atomic mass is 35.5. The Labute approximate surface area is 122 Å². The van der Waals surface area contributed by atoms with E-state index in [4.69, 9.17) is 22.1 Å². The van der Waals surface area contributed by atoms with Crippen molar-refractivity contribution in [2.75, 3.05) is 12.9 Å². The van der Waals surface area contributed by atoms with Crippen LogP contribution in [-0.4, -0.2) is 17.8 Å². The van der Waals surface area contributed by atoms with E-state index < -0.39 is 0 Å². The molecular formula is C14H15ClN2OS. The molecule has 2 aromatic rings. The van der Waals surface area contributed by atoms with Gasteiger partial charge >= 0.3 is 0 Å². The van der Waals surface area contributed by atoms with Crippen LogP contribution in [0.5, 0.6) is 5.75 Å². The first kappa shape index (κ1) is 14.2. The summed E-state index contributed by atoms with van der Waals surface area (Å²) in [5.41, 5.74) is 7.20. The molecule has 0 spiro atoms. The van der Waals surface area contributed by atoms with Gasteiger partial charge in [-0.2, -0.15) is 0 Å². The number of nitrogens with two attached hydrogens (primary N) is 1. The fourth-order valence-electron chi connectivity index (χ4n) is 1.69. The second-order valence-electron chi connectivity index (χ2n) is 3.97. The zero-order valence-corrected chi connectivity index (χ0v) is 12.1. The van der Waals surface area contributed by atoms with Crippen molar-refractivity contribution in [1.82, 2.24) is 4.98 Å². The summed E-state index contributed by atoms with van der Waals surface area (Å²) in [4.78, 5) is 4.23. The predicted octanol–water partition coefficient (Wildman–Crippen LogP) is 3.54. The van der Waals surface area contributed by atoms with Gasteiger partial charge in [-0.3, -0.25) is 0 Å². The summed E-state index contributed by atoms with van der Waals surface area (Å²) in [5.74, 6) is 1.55. The van der Waals surface area contributed by atoms with Crippen LogP contribution in [0.1, 0.15) is 11.6 Å². The van der Waals surface area contributed by atoms with Gasteiger partial charge in [0.25, 0.3) is 0 Å². The largest absolute Gasteiger partial charge is 0.496 e. The smallest absolute Gasteiger partial charge is 0.123 e. The molecule has 0 amide bonds. The molecule has 19 heavy (non-hydrogen) atoms. The van der Waals surface area contributed by atoms with Crippen LogP contribution in [0, 0.1) is 0 Å². The van der Waals surface area contributed by atoms with E-state index in [9.17, 15) is 0 Å². The molecule has 1 aromatic carbocycles. The first-order valence-corrected chi connectivity index (χ1v) is 7.20. The van der Waals surface area contributed by atoms with Crippen molar-refractivity contribution in [3.05, 3.63) is 53.2 Å². The molecule has 0 saturated heterocycles. The fraction of sp³-hybridized carbons (Fsp3) is 0.214. The van der Waals surface area contributed by atoms with Crippen LogP contribution in [0.2, 0.25) is 5.02 Å². The van der Waals surface area contributed by atoms with Gasteiger partial charge < -0.3 is 10.5 Å². The van der Waals surface area contributed by atoms with Crippen molar-refractivity contribution in [3.8, 4) is 5.75 Å². The monoisotopic (exact) mass is 294 g/mol. The molecule has 1 atom stereocenters. The summed E-state index contributed by atoms with van der Waals surface area (Å²) in [7, 11) is 1.65. The Morgan fingerprint density at radius 1 is 1.32 bits per heavy atom. The molecule has 0 radical (unpaired) electrons. The fourth-order valence-corrected chi connectivity index (χ4v) is 2.62. The Morgan fingerprint density at radius 2 is 2.11 bits per heavy atom. The molecular weight excluding hydrogens is 280 g/mol. The van der Waals surface area contributed by atoms with Gasteiger partial charge in [0.2, 0.25) is 0 Å². The molecule has 0 aliphatic heterocycles. The number of hydrogen-bond acceptors (Lipinski definition) is 4. The maximum absolute atomic E-state index is 6.19. The first-order valence-electron chi connectivity index (χ1n) is 5.83. The molecule has 0 bridgehead atoms. The third kappa shape index (κ3) is 3.86. The minimum absolute atomic E-state index is 0.0985. The van der Waals surface area contributed by atoms with Gasteiger partial charge in [0.1, 0.15) is 5.75 Å². The van der Waals surface area contributed by atoms with Crippen molar-refractivity contribution in [3.63, 3.8) is 0 Å². The van der Waals surface area contributed by atoms with Crippen LogP contribution in [0.15, 0.2) is 47.6 Å². The van der Waals surface area contributed by atoms with E-state index in [-0.39, 0.29) is 6.04 Å². The van der Waals surface area contributed by atoms with E-state index in [1.54, 1.807) is 25.1 Å². The Kier molecular flexibility index (Phi) is 5.07. The number of ether oxygens (including phenoxy) is 1. The lowest BCUT2D eigenvalue weighted by Gasteiger charge is -2.14. The van der Waals surface area contributed by atoms with E-state index in [1.807, 2.05) is 36.4 Å². The molecule has 2 N–H and O–H groups in total. The van der Waals surface area contributed by atoms with Gasteiger partial charge in [-0.05, 0) is 18.2 Å². The molecule has 0 aliphatic rings. The summed E-state index contributed by atoms with van der Waals surface area (Å²) < 4.78 is 5.31. The van der Waals surface area contributed by atoms with Crippen LogP contribution in [-0.2, 0) is 0 Å². The number of halogens is 1. The molecule has 5 heteroatoms. The number of hydrogen-bond donors (Lipinski definition) is 1. The van der Waals surface area contributed by atoms with Gasteiger partial charge in [0.15, 0.2) is 0 Å². The van der Waals surface area contributed by atoms with Crippen LogP contribution in [0.25, 0.3) is 0 Å². The first-order chi connectivity index (χ1) is 9.20. The van der Waals surface area contributed by atoms with Gasteiger partial charge in [0.05, 0.1) is 17.2 Å². The Balaban J connectivity index is 2.01. The van der Waals surface area contributed by atoms with E-state index >= 15 is 0 Å². The topological polar surface area (TPSA) is 48.1 Å². The molecule has 1 unspecified atom stereocenters. The number of para-hydroxylation sites is 1. The highest BCUT2D eigenvalue weighted by Crippen LogP contribution is 2.28. The average molecular weight is 295 g/mol. The normalized spacial score (nSPS) is 12.2. The van der Waals surface area contributed by atoms with E-state index in [2.05, 4.69) is 4.98 Å². The van der Waals surface area contributed by atoms with E-state index in [0.29, 0.717) is 5.02 Å². The number of nitrogens with zero attached hydrogens (tertiary/aromatic N) is 1. The minimum Gasteiger partial charge on any atom is -0.496 e. The summed E-state index contributed by atoms with van der Waals surface area (Å²) in [6.07, 6.45) is 1.64. The Bertz CT molecular complexity index is 533. The van der Waals surface area contributed by atoms with Crippen LogP contribution >= 0.6 is 23.4 Å². The molecule has 100 valence electrons. The van der Waals surface area contributed by atoms with Crippen molar-refractivity contribution in [2.45, 2.75) is 11.1 Å². The Hall–Kier alpha value is -1.23. The maximum Gasteiger partial charge on any atom is 0.123 e. The van der Waals surface area contributed by atoms with Crippen molar-refractivity contribution < 1.29 is 4.74 Å². The van der Waals surface area contributed by atoms with E-state index in [1.165, 1.54) is 0 Å². The molecule has 0 aliphatic carbocycles. The second kappa shape index (κ2) is 6.80. The molecule has 1 heterocycles. The van der Waals surface area contributed by atoms with E-state index in [0.717, 1.165) is 22.1 Å². The van der Waals surface area contributed by atoms with Gasteiger partial charge in [-0.1, -0.05) is 29.8 Å². The second-order valence-corrected chi connectivity index (χ2v) is 5.45. The molecule has 2 rings (SSSR count). The summed E-state index contributed by atoms with van der Waals surface area (Å²) in [5, 5.41) is 1.55. The summed E-state index contributed by atoms with van der Waals surface area (Å²) in [6, 6.07) is 11.4. The molecule has 1 aromatic heterocycles. The molecule has 0 saturated carbocycles. The number of aromatic nitrogens is 1. The van der Waals surface area contributed by atoms with Gasteiger partial charge in [-0.25, -0.2) is 4.98 Å². The lowest BCUT2D eigenvalue weighted by Crippen LogP contribution is -2.14. The number of pyridine rings is 1. The quantitative estimate of drug-likeness (QED) is 0.857. The third-order valence-electron chi connectivity index (χ3n) is 2.65. The summed E-state index contributed by atoms with van der Waals surface area (Å²) in [6.45, 7) is 0. The van der Waals surface area contributed by atoms with Gasteiger partial charge in [-0.15, -0.1) is 11.8 Å². The average Bonchev–Trinajstić information content (AvgIpc) is 2.46. The minimum atomic E-state index is -0.0985. The van der Waals surface area contributed by atoms with Crippen LogP contribution in [0.3, 0.4) is 0 Å². The lowest BCUT2D eigenvalue weighted by molar-refractivity contribution is 0.407. The SMILES string of the molecule is COc1ccccc1C(N)CSc1ccc(Cl)cn1. The molecule has 3 nitrogen and oxygen atoms in total. The standard InChI is InChI=1S/C14H15ClN2OS/c1-18-13-5-3-2-4-11(13)12(16)9-19-14-7-6-10(15)8-17-14/h2-8,12H,9,16H2,1H3.